The highest BCUT2D eigenvalue weighted by Crippen LogP contribution is 2.12. The van der Waals surface area contributed by atoms with Crippen molar-refractivity contribution in [3.05, 3.63) is 11.9 Å². The molecule has 0 saturated carbocycles. The first-order valence-corrected chi connectivity index (χ1v) is 6.89. The van der Waals surface area contributed by atoms with E-state index >= 15 is 0 Å². The first-order valence-electron chi connectivity index (χ1n) is 6.89. The van der Waals surface area contributed by atoms with E-state index in [1.165, 1.54) is 4.90 Å². The normalized spacial score (nSPS) is 14.6. The van der Waals surface area contributed by atoms with Gasteiger partial charge in [-0.25, -0.2) is 0 Å². The smallest absolute Gasteiger partial charge is 0.276 e. The number of hydrogen-bond acceptors (Lipinski definition) is 4. The number of hydrogen-bond donors (Lipinski definition) is 1. The van der Waals surface area contributed by atoms with Crippen molar-refractivity contribution in [1.82, 2.24) is 19.6 Å². The molecule has 0 atom stereocenters. The molecule has 1 fully saturated rings. The lowest BCUT2D eigenvalue weighted by Gasteiger charge is -2.20. The Morgan fingerprint density at radius 3 is 2.60 bits per heavy atom. The maximum atomic E-state index is 12.2. The number of nitrogens with two attached hydrogens (primary N) is 1. The zero-order valence-corrected chi connectivity index (χ0v) is 12.0. The highest BCUT2D eigenvalue weighted by molar-refractivity contribution is 5.98. The van der Waals surface area contributed by atoms with Crippen LogP contribution in [0.4, 0.5) is 5.69 Å². The molecule has 0 bridgehead atoms. The number of likely N-dealkylation sites (N-methyl/N-ethyl adjacent to an activating group) is 1. The molecule has 20 heavy (non-hydrogen) atoms. The lowest BCUT2D eigenvalue weighted by Crippen LogP contribution is -2.40. The molecule has 2 N–H and O–H groups in total. The molecule has 0 unspecified atom stereocenters. The van der Waals surface area contributed by atoms with E-state index < -0.39 is 0 Å². The lowest BCUT2D eigenvalue weighted by molar-refractivity contribution is -0.130. The van der Waals surface area contributed by atoms with Crippen LogP contribution in [0.3, 0.4) is 0 Å². The van der Waals surface area contributed by atoms with E-state index in [2.05, 4.69) is 5.10 Å². The SMILES string of the molecule is CCn1cc(N)c(C(=O)N(C)CC(=O)N2CCCC2)n1. The predicted molar refractivity (Wildman–Crippen MR) is 75.1 cm³/mol. The Bertz CT molecular complexity index is 505. The van der Waals surface area contributed by atoms with Crippen LogP contribution in [0.15, 0.2) is 6.20 Å². The van der Waals surface area contributed by atoms with Crippen molar-refractivity contribution in [2.75, 3.05) is 32.4 Å². The van der Waals surface area contributed by atoms with Gasteiger partial charge in [-0.05, 0) is 19.8 Å². The molecular weight excluding hydrogens is 258 g/mol. The summed E-state index contributed by atoms with van der Waals surface area (Å²) < 4.78 is 1.61. The number of nitrogens with zero attached hydrogens (tertiary/aromatic N) is 4. The van der Waals surface area contributed by atoms with Crippen molar-refractivity contribution in [3.8, 4) is 0 Å². The Morgan fingerprint density at radius 2 is 2.05 bits per heavy atom. The van der Waals surface area contributed by atoms with E-state index in [4.69, 9.17) is 5.73 Å². The van der Waals surface area contributed by atoms with Crippen LogP contribution in [0.2, 0.25) is 0 Å². The Balaban J connectivity index is 2.00. The molecule has 1 aromatic heterocycles. The van der Waals surface area contributed by atoms with Crippen molar-refractivity contribution in [3.63, 3.8) is 0 Å². The standard InChI is InChI=1S/C13H21N5O2/c1-3-18-8-10(14)12(15-18)13(20)16(2)9-11(19)17-6-4-5-7-17/h8H,3-7,9,14H2,1-2H3. The third kappa shape index (κ3) is 2.92. The average Bonchev–Trinajstić information content (AvgIpc) is 3.06. The molecule has 0 aliphatic carbocycles. The highest BCUT2D eigenvalue weighted by Gasteiger charge is 2.24. The monoisotopic (exact) mass is 279 g/mol. The van der Waals surface area contributed by atoms with Gasteiger partial charge < -0.3 is 15.5 Å². The second-order valence-corrected chi connectivity index (χ2v) is 5.04. The fraction of sp³-hybridized carbons (Fsp3) is 0.615. The van der Waals surface area contributed by atoms with Gasteiger partial charge >= 0.3 is 0 Å². The maximum absolute atomic E-state index is 12.2. The van der Waals surface area contributed by atoms with Crippen LogP contribution in [0.5, 0.6) is 0 Å². The van der Waals surface area contributed by atoms with E-state index in [1.807, 2.05) is 6.92 Å². The molecule has 2 rings (SSSR count). The summed E-state index contributed by atoms with van der Waals surface area (Å²) in [5.74, 6) is -0.339. The zero-order valence-electron chi connectivity index (χ0n) is 12.0. The number of nitrogen functional groups attached to an aromatic ring is 1. The summed E-state index contributed by atoms with van der Waals surface area (Å²) in [6, 6.07) is 0. The van der Waals surface area contributed by atoms with E-state index in [1.54, 1.807) is 22.8 Å². The lowest BCUT2D eigenvalue weighted by atomic mass is 10.3. The molecule has 1 aromatic rings. The average molecular weight is 279 g/mol. The Kier molecular flexibility index (Phi) is 4.26. The molecule has 7 heteroatoms. The van der Waals surface area contributed by atoms with Crippen LogP contribution in [0.25, 0.3) is 0 Å². The summed E-state index contributed by atoms with van der Waals surface area (Å²) >= 11 is 0. The molecule has 1 aliphatic rings. The van der Waals surface area contributed by atoms with Gasteiger partial charge in [0, 0.05) is 32.9 Å². The van der Waals surface area contributed by atoms with E-state index in [-0.39, 0.29) is 24.1 Å². The Hall–Kier alpha value is -2.05. The van der Waals surface area contributed by atoms with Gasteiger partial charge in [0.25, 0.3) is 5.91 Å². The van der Waals surface area contributed by atoms with Crippen LogP contribution < -0.4 is 5.73 Å². The Morgan fingerprint density at radius 1 is 1.40 bits per heavy atom. The summed E-state index contributed by atoms with van der Waals surface area (Å²) in [6.45, 7) is 4.20. The molecule has 2 amide bonds. The first-order chi connectivity index (χ1) is 9.52. The molecule has 110 valence electrons. The third-order valence-corrected chi connectivity index (χ3v) is 3.49. The molecule has 1 saturated heterocycles. The predicted octanol–water partition coefficient (Wildman–Crippen LogP) is 0.180. The minimum atomic E-state index is -0.317. The maximum Gasteiger partial charge on any atom is 0.276 e. The van der Waals surface area contributed by atoms with Gasteiger partial charge in [-0.1, -0.05) is 0 Å². The summed E-state index contributed by atoms with van der Waals surface area (Å²) in [6.07, 6.45) is 3.71. The fourth-order valence-electron chi connectivity index (χ4n) is 2.29. The minimum Gasteiger partial charge on any atom is -0.396 e. The van der Waals surface area contributed by atoms with Crippen molar-refractivity contribution in [1.29, 1.82) is 0 Å². The number of aryl methyl sites for hydroxylation is 1. The second-order valence-electron chi connectivity index (χ2n) is 5.04. The summed E-state index contributed by atoms with van der Waals surface area (Å²) in [4.78, 5) is 27.4. The topological polar surface area (TPSA) is 84.5 Å². The zero-order chi connectivity index (χ0) is 14.7. The van der Waals surface area contributed by atoms with E-state index in [0.717, 1.165) is 25.9 Å². The van der Waals surface area contributed by atoms with Crippen molar-refractivity contribution >= 4 is 17.5 Å². The fourth-order valence-corrected chi connectivity index (χ4v) is 2.29. The number of amides is 2. The number of aromatic nitrogens is 2. The first kappa shape index (κ1) is 14.4. The summed E-state index contributed by atoms with van der Waals surface area (Å²) in [5.41, 5.74) is 6.34. The number of rotatable bonds is 4. The van der Waals surface area contributed by atoms with Crippen molar-refractivity contribution in [2.45, 2.75) is 26.3 Å². The minimum absolute atomic E-state index is 0.0214. The van der Waals surface area contributed by atoms with Crippen molar-refractivity contribution in [2.24, 2.45) is 0 Å². The molecule has 0 spiro atoms. The number of carbonyl (C=O) groups is 2. The number of likely N-dealkylation sites (tertiary alicyclic amines) is 1. The van der Waals surface area contributed by atoms with Crippen LogP contribution >= 0.6 is 0 Å². The largest absolute Gasteiger partial charge is 0.396 e. The van der Waals surface area contributed by atoms with Crippen LogP contribution in [-0.4, -0.2) is 58.1 Å². The van der Waals surface area contributed by atoms with Gasteiger partial charge in [-0.3, -0.25) is 14.3 Å². The van der Waals surface area contributed by atoms with Gasteiger partial charge in [0.1, 0.15) is 0 Å². The van der Waals surface area contributed by atoms with Crippen molar-refractivity contribution < 1.29 is 9.59 Å². The van der Waals surface area contributed by atoms with Gasteiger partial charge in [0.05, 0.1) is 12.2 Å². The van der Waals surface area contributed by atoms with E-state index in [9.17, 15) is 9.59 Å². The van der Waals surface area contributed by atoms with Gasteiger partial charge in [0.15, 0.2) is 5.69 Å². The molecule has 7 nitrogen and oxygen atoms in total. The van der Waals surface area contributed by atoms with Crippen LogP contribution in [0.1, 0.15) is 30.3 Å². The number of anilines is 1. The molecule has 1 aliphatic heterocycles. The highest BCUT2D eigenvalue weighted by atomic mass is 16.2. The molecule has 0 aromatic carbocycles. The third-order valence-electron chi connectivity index (χ3n) is 3.49. The van der Waals surface area contributed by atoms with Gasteiger partial charge in [-0.15, -0.1) is 0 Å². The van der Waals surface area contributed by atoms with Crippen LogP contribution in [-0.2, 0) is 11.3 Å². The molecular formula is C13H21N5O2. The summed E-state index contributed by atoms with van der Waals surface area (Å²) in [7, 11) is 1.60. The number of carbonyl (C=O) groups excluding carboxylic acids is 2. The summed E-state index contributed by atoms with van der Waals surface area (Å²) in [5, 5.41) is 4.13. The quantitative estimate of drug-likeness (QED) is 0.852. The van der Waals surface area contributed by atoms with Gasteiger partial charge in [0.2, 0.25) is 5.91 Å². The van der Waals surface area contributed by atoms with E-state index in [0.29, 0.717) is 12.2 Å². The molecule has 2 heterocycles. The van der Waals surface area contributed by atoms with Crippen LogP contribution in [0, 0.1) is 0 Å². The van der Waals surface area contributed by atoms with Gasteiger partial charge in [-0.2, -0.15) is 5.10 Å². The molecule has 0 radical (unpaired) electrons. The second kappa shape index (κ2) is 5.94. The Labute approximate surface area is 118 Å².